The van der Waals surface area contributed by atoms with Gasteiger partial charge in [0.2, 0.25) is 0 Å². The molecule has 1 rings (SSSR count). The van der Waals surface area contributed by atoms with Crippen molar-refractivity contribution in [2.24, 2.45) is 0 Å². The first kappa shape index (κ1) is 8.05. The van der Waals surface area contributed by atoms with Gasteiger partial charge in [-0.25, -0.2) is 0 Å². The zero-order valence-electron chi connectivity index (χ0n) is 7.19. The molecular formula is C9H13NO. The molecule has 0 aliphatic rings. The van der Waals surface area contributed by atoms with Crippen molar-refractivity contribution >= 4 is 5.78 Å². The highest BCUT2D eigenvalue weighted by Crippen LogP contribution is 2.09. The minimum absolute atomic E-state index is 0.182. The monoisotopic (exact) mass is 151 g/mol. The van der Waals surface area contributed by atoms with Crippen molar-refractivity contribution in [3.8, 4) is 0 Å². The maximum absolute atomic E-state index is 11.1. The van der Waals surface area contributed by atoms with Gasteiger partial charge in [0, 0.05) is 12.1 Å². The van der Waals surface area contributed by atoms with Gasteiger partial charge in [-0.15, -0.1) is 0 Å². The van der Waals surface area contributed by atoms with Gasteiger partial charge in [0.15, 0.2) is 5.78 Å². The largest absolute Gasteiger partial charge is 0.356 e. The van der Waals surface area contributed by atoms with E-state index in [1.54, 1.807) is 0 Å². The van der Waals surface area contributed by atoms with Crippen LogP contribution in [0.3, 0.4) is 0 Å². The van der Waals surface area contributed by atoms with Gasteiger partial charge < -0.3 is 4.98 Å². The first-order chi connectivity index (χ1) is 5.15. The molecule has 11 heavy (non-hydrogen) atoms. The van der Waals surface area contributed by atoms with E-state index in [-0.39, 0.29) is 5.78 Å². The Labute approximate surface area is 66.6 Å². The highest BCUT2D eigenvalue weighted by Gasteiger charge is 2.06. The van der Waals surface area contributed by atoms with Gasteiger partial charge in [0.1, 0.15) is 0 Å². The number of aromatic amines is 1. The number of carbonyl (C=O) groups is 1. The zero-order valence-corrected chi connectivity index (χ0v) is 7.19. The van der Waals surface area contributed by atoms with Gasteiger partial charge >= 0.3 is 0 Å². The minimum atomic E-state index is 0.182. The minimum Gasteiger partial charge on any atom is -0.356 e. The van der Waals surface area contributed by atoms with Crippen LogP contribution in [0.1, 0.15) is 35.1 Å². The predicted octanol–water partition coefficient (Wildman–Crippen LogP) is 2.22. The predicted molar refractivity (Wildman–Crippen MR) is 44.9 cm³/mol. The molecule has 0 radical (unpaired) electrons. The maximum atomic E-state index is 11.1. The van der Waals surface area contributed by atoms with Gasteiger partial charge in [-0.1, -0.05) is 6.92 Å². The summed E-state index contributed by atoms with van der Waals surface area (Å²) in [5, 5.41) is 0. The molecule has 60 valence electrons. The molecule has 0 saturated heterocycles. The number of aryl methyl sites for hydroxylation is 2. The first-order valence-corrected chi connectivity index (χ1v) is 3.84. The third-order valence-electron chi connectivity index (χ3n) is 1.90. The molecule has 0 spiro atoms. The SMILES string of the molecule is CCC(=O)c1cc(C)c(C)[nH]1. The highest BCUT2D eigenvalue weighted by molar-refractivity contribution is 5.94. The molecule has 0 amide bonds. The van der Waals surface area contributed by atoms with Crippen LogP contribution in [0.2, 0.25) is 0 Å². The lowest BCUT2D eigenvalue weighted by molar-refractivity contribution is 0.0984. The number of hydrogen-bond donors (Lipinski definition) is 1. The van der Waals surface area contributed by atoms with Crippen LogP contribution in [-0.4, -0.2) is 10.8 Å². The number of nitrogens with one attached hydrogen (secondary N) is 1. The smallest absolute Gasteiger partial charge is 0.178 e. The lowest BCUT2D eigenvalue weighted by Gasteiger charge is -1.89. The molecule has 1 aromatic heterocycles. The summed E-state index contributed by atoms with van der Waals surface area (Å²) in [6.45, 7) is 5.84. The number of H-pyrrole nitrogens is 1. The fraction of sp³-hybridized carbons (Fsp3) is 0.444. The van der Waals surface area contributed by atoms with Crippen molar-refractivity contribution in [2.75, 3.05) is 0 Å². The summed E-state index contributed by atoms with van der Waals surface area (Å²) in [5.74, 6) is 0.182. The van der Waals surface area contributed by atoms with Gasteiger partial charge in [-0.05, 0) is 25.5 Å². The normalized spacial score (nSPS) is 10.1. The van der Waals surface area contributed by atoms with Crippen LogP contribution in [0.15, 0.2) is 6.07 Å². The first-order valence-electron chi connectivity index (χ1n) is 3.84. The summed E-state index contributed by atoms with van der Waals surface area (Å²) in [6, 6.07) is 1.90. The summed E-state index contributed by atoms with van der Waals surface area (Å²) in [7, 11) is 0. The Morgan fingerprint density at radius 2 is 2.18 bits per heavy atom. The number of rotatable bonds is 2. The van der Waals surface area contributed by atoms with Gasteiger partial charge in [0.25, 0.3) is 0 Å². The molecule has 2 nitrogen and oxygen atoms in total. The van der Waals surface area contributed by atoms with E-state index in [0.29, 0.717) is 6.42 Å². The second-order valence-corrected chi connectivity index (χ2v) is 2.77. The molecule has 0 fully saturated rings. The molecule has 0 unspecified atom stereocenters. The van der Waals surface area contributed by atoms with Crippen LogP contribution in [0, 0.1) is 13.8 Å². The number of hydrogen-bond acceptors (Lipinski definition) is 1. The Morgan fingerprint density at radius 1 is 1.55 bits per heavy atom. The fourth-order valence-electron chi connectivity index (χ4n) is 1.00. The molecule has 0 aromatic carbocycles. The number of aromatic nitrogens is 1. The summed E-state index contributed by atoms with van der Waals surface area (Å²) in [4.78, 5) is 14.2. The average Bonchev–Trinajstić information content (AvgIpc) is 2.31. The van der Waals surface area contributed by atoms with Gasteiger partial charge in [-0.3, -0.25) is 4.79 Å². The van der Waals surface area contributed by atoms with Crippen molar-refractivity contribution in [1.29, 1.82) is 0 Å². The van der Waals surface area contributed by atoms with Gasteiger partial charge in [-0.2, -0.15) is 0 Å². The molecule has 0 aliphatic carbocycles. The molecule has 1 N–H and O–H groups in total. The summed E-state index contributed by atoms with van der Waals surface area (Å²) < 4.78 is 0. The van der Waals surface area contributed by atoms with E-state index in [1.165, 1.54) is 0 Å². The molecule has 2 heteroatoms. The van der Waals surface area contributed by atoms with Crippen molar-refractivity contribution in [2.45, 2.75) is 27.2 Å². The second-order valence-electron chi connectivity index (χ2n) is 2.77. The summed E-state index contributed by atoms with van der Waals surface area (Å²) in [6.07, 6.45) is 0.569. The van der Waals surface area contributed by atoms with Crippen molar-refractivity contribution in [3.05, 3.63) is 23.0 Å². The zero-order chi connectivity index (χ0) is 8.43. The third-order valence-corrected chi connectivity index (χ3v) is 1.90. The van der Waals surface area contributed by atoms with Crippen molar-refractivity contribution < 1.29 is 4.79 Å². The Bertz CT molecular complexity index is 254. The quantitative estimate of drug-likeness (QED) is 0.646. The van der Waals surface area contributed by atoms with E-state index in [9.17, 15) is 4.79 Å². The second kappa shape index (κ2) is 2.91. The van der Waals surface area contributed by atoms with E-state index in [2.05, 4.69) is 4.98 Å². The number of Topliss-reactive ketones (excluding diaryl/α,β-unsaturated/α-hetero) is 1. The van der Waals surface area contributed by atoms with E-state index in [4.69, 9.17) is 0 Å². The Kier molecular flexibility index (Phi) is 2.13. The van der Waals surface area contributed by atoms with Crippen LogP contribution < -0.4 is 0 Å². The third kappa shape index (κ3) is 1.50. The van der Waals surface area contributed by atoms with E-state index < -0.39 is 0 Å². The average molecular weight is 151 g/mol. The molecule has 0 atom stereocenters. The van der Waals surface area contributed by atoms with E-state index in [1.807, 2.05) is 26.8 Å². The Hall–Kier alpha value is -1.05. The summed E-state index contributed by atoms with van der Waals surface area (Å²) >= 11 is 0. The fourth-order valence-corrected chi connectivity index (χ4v) is 1.00. The molecule has 1 heterocycles. The van der Waals surface area contributed by atoms with E-state index in [0.717, 1.165) is 17.0 Å². The molecule has 0 bridgehead atoms. The lowest BCUT2D eigenvalue weighted by Crippen LogP contribution is -1.95. The van der Waals surface area contributed by atoms with Crippen molar-refractivity contribution in [3.63, 3.8) is 0 Å². The van der Waals surface area contributed by atoms with Crippen LogP contribution in [0.4, 0.5) is 0 Å². The Morgan fingerprint density at radius 3 is 2.55 bits per heavy atom. The number of ketones is 1. The highest BCUT2D eigenvalue weighted by atomic mass is 16.1. The van der Waals surface area contributed by atoms with Crippen LogP contribution >= 0.6 is 0 Å². The lowest BCUT2D eigenvalue weighted by atomic mass is 10.2. The molecular weight excluding hydrogens is 138 g/mol. The topological polar surface area (TPSA) is 32.9 Å². The Balaban J connectivity index is 2.97. The summed E-state index contributed by atoms with van der Waals surface area (Å²) in [5.41, 5.74) is 2.98. The van der Waals surface area contributed by atoms with Crippen LogP contribution in [0.5, 0.6) is 0 Å². The molecule has 0 saturated carbocycles. The van der Waals surface area contributed by atoms with E-state index >= 15 is 0 Å². The maximum Gasteiger partial charge on any atom is 0.178 e. The van der Waals surface area contributed by atoms with Gasteiger partial charge in [0.05, 0.1) is 5.69 Å². The molecule has 0 aliphatic heterocycles. The molecule has 1 aromatic rings. The van der Waals surface area contributed by atoms with Crippen LogP contribution in [0.25, 0.3) is 0 Å². The van der Waals surface area contributed by atoms with Crippen molar-refractivity contribution in [1.82, 2.24) is 4.98 Å². The van der Waals surface area contributed by atoms with Crippen LogP contribution in [-0.2, 0) is 0 Å². The standard InChI is InChI=1S/C9H13NO/c1-4-9(11)8-5-6(2)7(3)10-8/h5,10H,4H2,1-3H3. The number of carbonyl (C=O) groups excluding carboxylic acids is 1.